The maximum atomic E-state index is 12.0. The summed E-state index contributed by atoms with van der Waals surface area (Å²) < 4.78 is 17.0. The maximum Gasteiger partial charge on any atom is 0.339 e. The summed E-state index contributed by atoms with van der Waals surface area (Å²) in [6.45, 7) is 2.81. The van der Waals surface area contributed by atoms with Gasteiger partial charge in [0.25, 0.3) is 0 Å². The van der Waals surface area contributed by atoms with Gasteiger partial charge in [-0.1, -0.05) is 64.4 Å². The largest absolute Gasteiger partial charge is 0.493 e. The van der Waals surface area contributed by atoms with Crippen molar-refractivity contribution in [1.29, 1.82) is 0 Å². The van der Waals surface area contributed by atoms with Gasteiger partial charge in [0.15, 0.2) is 0 Å². The van der Waals surface area contributed by atoms with E-state index in [2.05, 4.69) is 51.2 Å². The lowest BCUT2D eigenvalue weighted by Crippen LogP contribution is -2.32. The molecule has 2 aromatic rings. The van der Waals surface area contributed by atoms with Crippen molar-refractivity contribution in [3.05, 3.63) is 34.7 Å². The first-order chi connectivity index (χ1) is 15.4. The number of thioether (sulfide) groups is 1. The van der Waals surface area contributed by atoms with Crippen LogP contribution in [0, 0.1) is 0 Å². The summed E-state index contributed by atoms with van der Waals surface area (Å²) in [5.74, 6) is 0.409. The number of esters is 1. The third-order valence-corrected chi connectivity index (χ3v) is 10.6. The number of hydrogen-bond acceptors (Lipinski definition) is 6. The summed E-state index contributed by atoms with van der Waals surface area (Å²) >= 11 is 6.22. The van der Waals surface area contributed by atoms with Crippen molar-refractivity contribution in [2.24, 2.45) is 0 Å². The molecule has 176 valence electrons. The van der Waals surface area contributed by atoms with E-state index in [0.717, 1.165) is 34.0 Å². The zero-order chi connectivity index (χ0) is 23.0. The molecule has 8 heteroatoms. The van der Waals surface area contributed by atoms with Crippen LogP contribution in [0.2, 0.25) is 0 Å². The molecule has 5 nitrogen and oxygen atoms in total. The van der Waals surface area contributed by atoms with Crippen LogP contribution >= 0.6 is 56.9 Å². The predicted octanol–water partition coefficient (Wildman–Crippen LogP) is 6.94. The first kappa shape index (κ1) is 26.1. The van der Waals surface area contributed by atoms with Crippen LogP contribution in [0.4, 0.5) is 0 Å². The van der Waals surface area contributed by atoms with Gasteiger partial charge in [0.2, 0.25) is 0 Å². The Kier molecular flexibility index (Phi) is 10.5. The lowest BCUT2D eigenvalue weighted by atomic mass is 10.0. The van der Waals surface area contributed by atoms with Crippen molar-refractivity contribution < 1.29 is 18.7 Å². The molecule has 1 heterocycles. The van der Waals surface area contributed by atoms with Gasteiger partial charge >= 0.3 is 11.6 Å². The number of fused-ring (bicyclic) bond motifs is 1. The van der Waals surface area contributed by atoms with E-state index in [1.807, 2.05) is 30.8 Å². The molecule has 1 aliphatic carbocycles. The van der Waals surface area contributed by atoms with Crippen molar-refractivity contribution in [3.63, 3.8) is 0 Å². The summed E-state index contributed by atoms with van der Waals surface area (Å²) in [4.78, 5) is 25.2. The number of unbranched alkanes of at least 4 members (excludes halogenated alkanes) is 2. The normalized spacial score (nSPS) is 16.6. The molecule has 1 aromatic carbocycles. The Hall–Kier alpha value is -0.490. The predicted molar refractivity (Wildman–Crippen MR) is 147 cm³/mol. The van der Waals surface area contributed by atoms with E-state index >= 15 is 0 Å². The molecule has 1 atom stereocenters. The van der Waals surface area contributed by atoms with Crippen LogP contribution in [0.3, 0.4) is 0 Å². The summed E-state index contributed by atoms with van der Waals surface area (Å²) in [5.41, 5.74) is 0.189. The number of hydrogen-bond donors (Lipinski definition) is 0. The van der Waals surface area contributed by atoms with Crippen LogP contribution < -0.4 is 10.4 Å². The molecule has 0 amide bonds. The van der Waals surface area contributed by atoms with Gasteiger partial charge in [0, 0.05) is 14.6 Å². The van der Waals surface area contributed by atoms with Crippen LogP contribution in [0.1, 0.15) is 58.3 Å². The first-order valence-electron chi connectivity index (χ1n) is 11.2. The number of carbonyl (C=O) groups excluding carboxylic acids is 1. The van der Waals surface area contributed by atoms with Crippen molar-refractivity contribution in [3.8, 4) is 5.75 Å². The van der Waals surface area contributed by atoms with Crippen molar-refractivity contribution in [2.45, 2.75) is 71.9 Å². The molecule has 0 saturated heterocycles. The van der Waals surface area contributed by atoms with Crippen LogP contribution in [0.5, 0.6) is 5.75 Å². The quantitative estimate of drug-likeness (QED) is 0.0841. The Balaban J connectivity index is 1.48. The first-order valence-corrected chi connectivity index (χ1v) is 14.7. The summed E-state index contributed by atoms with van der Waals surface area (Å²) in [7, 11) is 0. The zero-order valence-electron chi connectivity index (χ0n) is 18.4. The SMILES string of the molecule is CC(I)(CI)C(=O)OCCCCCOc1cc(=O)oc2cc(SC3CCCCC3)ccc12. The molecule has 0 bridgehead atoms. The Morgan fingerprint density at radius 1 is 1.16 bits per heavy atom. The fourth-order valence-electron chi connectivity index (χ4n) is 3.61. The Morgan fingerprint density at radius 3 is 2.66 bits per heavy atom. The second-order valence-corrected chi connectivity index (χ2v) is 12.9. The molecule has 1 unspecified atom stereocenters. The van der Waals surface area contributed by atoms with E-state index in [0.29, 0.717) is 29.8 Å². The molecule has 3 rings (SSSR count). The highest BCUT2D eigenvalue weighted by Crippen LogP contribution is 2.36. The lowest BCUT2D eigenvalue weighted by Gasteiger charge is -2.21. The Bertz CT molecular complexity index is 953. The van der Waals surface area contributed by atoms with E-state index in [1.54, 1.807) is 0 Å². The van der Waals surface area contributed by atoms with Crippen molar-refractivity contribution in [1.82, 2.24) is 0 Å². The molecule has 0 radical (unpaired) electrons. The molecule has 1 aromatic heterocycles. The molecule has 1 aliphatic rings. The Labute approximate surface area is 221 Å². The van der Waals surface area contributed by atoms with Crippen LogP contribution in [0.25, 0.3) is 11.0 Å². The molecule has 0 N–H and O–H groups in total. The van der Waals surface area contributed by atoms with E-state index in [1.165, 1.54) is 38.2 Å². The van der Waals surface area contributed by atoms with E-state index < -0.39 is 9.05 Å². The average molecular weight is 684 g/mol. The zero-order valence-corrected chi connectivity index (χ0v) is 23.5. The maximum absolute atomic E-state index is 12.0. The van der Waals surface area contributed by atoms with Crippen LogP contribution in [-0.2, 0) is 9.53 Å². The molecule has 0 spiro atoms. The number of rotatable bonds is 11. The molecule has 1 fully saturated rings. The van der Waals surface area contributed by atoms with Gasteiger partial charge in [-0.2, -0.15) is 0 Å². The fourth-order valence-corrected chi connectivity index (χ4v) is 5.36. The summed E-state index contributed by atoms with van der Waals surface area (Å²) in [6.07, 6.45) is 8.96. The van der Waals surface area contributed by atoms with Crippen molar-refractivity contribution >= 4 is 73.9 Å². The number of alkyl halides is 2. The lowest BCUT2D eigenvalue weighted by molar-refractivity contribution is -0.144. The van der Waals surface area contributed by atoms with Gasteiger partial charge < -0.3 is 13.9 Å². The highest BCUT2D eigenvalue weighted by atomic mass is 127. The van der Waals surface area contributed by atoms with Gasteiger partial charge in [-0.25, -0.2) is 4.79 Å². The number of carbonyl (C=O) groups is 1. The van der Waals surface area contributed by atoms with Gasteiger partial charge in [0.05, 0.1) is 24.7 Å². The fraction of sp³-hybridized carbons (Fsp3) is 0.583. The second-order valence-electron chi connectivity index (χ2n) is 8.34. The Morgan fingerprint density at radius 2 is 1.91 bits per heavy atom. The van der Waals surface area contributed by atoms with Gasteiger partial charge in [-0.3, -0.25) is 4.79 Å². The minimum absolute atomic E-state index is 0.160. The second kappa shape index (κ2) is 12.8. The van der Waals surface area contributed by atoms with Gasteiger partial charge in [-0.05, 0) is 57.2 Å². The standard InChI is InChI=1S/C24H30I2O5S/c1-24(26,16-25)23(28)30-13-7-3-6-12-29-20-15-22(27)31-21-14-18(10-11-19(20)21)32-17-8-4-2-5-9-17/h10-11,14-15,17H,2-9,12-13,16H2,1H3. The van der Waals surface area contributed by atoms with E-state index in [9.17, 15) is 9.59 Å². The average Bonchev–Trinajstić information content (AvgIpc) is 2.78. The smallest absolute Gasteiger partial charge is 0.339 e. The summed E-state index contributed by atoms with van der Waals surface area (Å²) in [5, 5.41) is 1.48. The van der Waals surface area contributed by atoms with E-state index in [-0.39, 0.29) is 5.97 Å². The third kappa shape index (κ3) is 7.78. The number of ether oxygens (including phenoxy) is 2. The molecule has 1 saturated carbocycles. The third-order valence-electron chi connectivity index (χ3n) is 5.49. The molecular weight excluding hydrogens is 654 g/mol. The molecule has 0 aliphatic heterocycles. The minimum atomic E-state index is -0.467. The highest BCUT2D eigenvalue weighted by molar-refractivity contribution is 14.1. The van der Waals surface area contributed by atoms with Crippen molar-refractivity contribution in [2.75, 3.05) is 17.6 Å². The number of halogens is 2. The summed E-state index contributed by atoms with van der Waals surface area (Å²) in [6, 6.07) is 7.48. The van der Waals surface area contributed by atoms with E-state index in [4.69, 9.17) is 13.9 Å². The molecule has 32 heavy (non-hydrogen) atoms. The topological polar surface area (TPSA) is 65.7 Å². The van der Waals surface area contributed by atoms with Gasteiger partial charge in [-0.15, -0.1) is 11.8 Å². The van der Waals surface area contributed by atoms with Crippen LogP contribution in [0.15, 0.2) is 38.4 Å². The monoisotopic (exact) mass is 684 g/mol. The number of benzene rings is 1. The van der Waals surface area contributed by atoms with Gasteiger partial charge in [0.1, 0.15) is 14.8 Å². The molecular formula is C24H30I2O5S. The minimum Gasteiger partial charge on any atom is -0.493 e. The van der Waals surface area contributed by atoms with Crippen LogP contribution in [-0.4, -0.2) is 32.3 Å². The highest BCUT2D eigenvalue weighted by Gasteiger charge is 2.30.